The van der Waals surface area contributed by atoms with Crippen molar-refractivity contribution in [1.29, 1.82) is 0 Å². The molecule has 0 bridgehead atoms. The quantitative estimate of drug-likeness (QED) is 0.165. The van der Waals surface area contributed by atoms with Gasteiger partial charge in [0.15, 0.2) is 33.3 Å². The summed E-state index contributed by atoms with van der Waals surface area (Å²) in [4.78, 5) is 12.7. The highest BCUT2D eigenvalue weighted by molar-refractivity contribution is 7.92. The Morgan fingerprint density at radius 2 is 1.95 bits per heavy atom. The van der Waals surface area contributed by atoms with Gasteiger partial charge in [-0.15, -0.1) is 5.11 Å². The van der Waals surface area contributed by atoms with E-state index in [1.807, 2.05) is 0 Å². The van der Waals surface area contributed by atoms with Crippen LogP contribution in [0.5, 0.6) is 17.2 Å². The number of hydrogen-bond acceptors (Lipinski definition) is 10. The van der Waals surface area contributed by atoms with E-state index in [0.29, 0.717) is 17.0 Å². The van der Waals surface area contributed by atoms with Crippen LogP contribution in [-0.2, 0) is 10.0 Å². The first-order valence-electron chi connectivity index (χ1n) is 10.6. The van der Waals surface area contributed by atoms with Gasteiger partial charge < -0.3 is 20.6 Å². The van der Waals surface area contributed by atoms with E-state index in [1.54, 1.807) is 55.6 Å². The first kappa shape index (κ1) is 25.6. The maximum Gasteiger partial charge on any atom is 0.280 e. The van der Waals surface area contributed by atoms with Gasteiger partial charge in [0.25, 0.3) is 10.0 Å². The van der Waals surface area contributed by atoms with Gasteiger partial charge in [0.2, 0.25) is 5.75 Å². The van der Waals surface area contributed by atoms with E-state index in [4.69, 9.17) is 26.9 Å². The lowest BCUT2D eigenvalue weighted by atomic mass is 10.1. The minimum absolute atomic E-state index is 0.111. The number of halogens is 1. The number of benzene rings is 1. The first-order valence-corrected chi connectivity index (χ1v) is 12.5. The van der Waals surface area contributed by atoms with Crippen LogP contribution < -0.4 is 25.4 Å². The average molecular weight is 541 g/mol. The highest BCUT2D eigenvalue weighted by atomic mass is 35.5. The monoisotopic (exact) mass is 540 g/mol. The van der Waals surface area contributed by atoms with E-state index in [-0.39, 0.29) is 33.3 Å². The molecule has 1 aliphatic heterocycles. The fourth-order valence-corrected chi connectivity index (χ4v) is 4.26. The van der Waals surface area contributed by atoms with Crippen LogP contribution in [0.1, 0.15) is 11.4 Å². The highest BCUT2D eigenvalue weighted by Crippen LogP contribution is 2.39. The number of nitrogens with two attached hydrogens (primary N) is 1. The van der Waals surface area contributed by atoms with Gasteiger partial charge in [0, 0.05) is 18.0 Å². The van der Waals surface area contributed by atoms with Crippen LogP contribution in [0.4, 0.5) is 5.82 Å². The predicted molar refractivity (Wildman–Crippen MR) is 137 cm³/mol. The standard InChI is InChI=1S/C23H21ClN8O4S/c1-14-7-8-19(27-12-14)37(33,34)31-23-20(36-18-6-4-3-5-17(18)35-2)21(24)29-22(30-23)15-9-10-26-16(11-15)13-28-32-25/h3-13,26H,1-2H3,(H2,25,28)(H,29,30,31). The largest absolute Gasteiger partial charge is 0.493 e. The summed E-state index contributed by atoms with van der Waals surface area (Å²) in [7, 11) is -2.70. The van der Waals surface area contributed by atoms with Crippen molar-refractivity contribution in [3.05, 3.63) is 89.4 Å². The maximum atomic E-state index is 13.2. The zero-order valence-electron chi connectivity index (χ0n) is 19.6. The number of pyridine rings is 1. The molecule has 12 nitrogen and oxygen atoms in total. The van der Waals surface area contributed by atoms with Gasteiger partial charge in [-0.3, -0.25) is 4.72 Å². The number of rotatable bonds is 8. The number of nitrogens with one attached hydrogen (secondary N) is 2. The zero-order valence-corrected chi connectivity index (χ0v) is 21.2. The minimum Gasteiger partial charge on any atom is -0.493 e. The summed E-state index contributed by atoms with van der Waals surface area (Å²) in [5, 5.41) is 9.41. The normalized spacial score (nSPS) is 14.4. The Bertz CT molecular complexity index is 1540. The molecule has 0 aliphatic carbocycles. The molecule has 3 heterocycles. The number of ether oxygens (including phenoxy) is 2. The van der Waals surface area contributed by atoms with Crippen LogP contribution in [0.15, 0.2) is 88.2 Å². The Hall–Kier alpha value is -4.49. The topological polar surface area (TPSA) is 166 Å². The molecular weight excluding hydrogens is 520 g/mol. The maximum absolute atomic E-state index is 13.2. The molecule has 0 unspecified atom stereocenters. The van der Waals surface area contributed by atoms with Gasteiger partial charge >= 0.3 is 0 Å². The third-order valence-electron chi connectivity index (χ3n) is 4.84. The number of nitrogens with zero attached hydrogens (tertiary/aromatic N) is 5. The fraction of sp³-hybridized carbons (Fsp3) is 0.0870. The molecular formula is C23H21ClN8O4S. The Labute approximate surface area is 217 Å². The number of methoxy groups -OCH3 is 1. The van der Waals surface area contributed by atoms with Crippen molar-refractivity contribution in [1.82, 2.24) is 20.3 Å². The van der Waals surface area contributed by atoms with Gasteiger partial charge in [-0.1, -0.05) is 35.0 Å². The number of aromatic nitrogens is 3. The fourth-order valence-electron chi connectivity index (χ4n) is 3.11. The lowest BCUT2D eigenvalue weighted by molar-refractivity contribution is 0.378. The van der Waals surface area contributed by atoms with E-state index < -0.39 is 10.0 Å². The van der Waals surface area contributed by atoms with E-state index in [0.717, 1.165) is 5.56 Å². The van der Waals surface area contributed by atoms with Crippen molar-refractivity contribution in [3.63, 3.8) is 0 Å². The van der Waals surface area contributed by atoms with Crippen molar-refractivity contribution >= 4 is 33.0 Å². The molecule has 0 fully saturated rings. The van der Waals surface area contributed by atoms with Crippen molar-refractivity contribution < 1.29 is 17.9 Å². The van der Waals surface area contributed by atoms with Crippen LogP contribution in [0.2, 0.25) is 5.15 Å². The van der Waals surface area contributed by atoms with Crippen molar-refractivity contribution in [3.8, 4) is 17.2 Å². The smallest absolute Gasteiger partial charge is 0.280 e. The summed E-state index contributed by atoms with van der Waals surface area (Å²) in [5.74, 6) is 5.50. The molecule has 0 radical (unpaired) electrons. The zero-order chi connectivity index (χ0) is 26.4. The summed E-state index contributed by atoms with van der Waals surface area (Å²) in [6, 6.07) is 9.79. The summed E-state index contributed by atoms with van der Waals surface area (Å²) in [5.41, 5.74) is 1.83. The molecule has 0 spiro atoms. The molecule has 3 aromatic rings. The summed E-state index contributed by atoms with van der Waals surface area (Å²) < 4.78 is 40.0. The summed E-state index contributed by atoms with van der Waals surface area (Å²) >= 11 is 6.52. The Kier molecular flexibility index (Phi) is 7.65. The molecule has 37 heavy (non-hydrogen) atoms. The Morgan fingerprint density at radius 1 is 1.16 bits per heavy atom. The van der Waals surface area contributed by atoms with Gasteiger partial charge in [0.05, 0.1) is 19.0 Å². The number of hydrogen-bond donors (Lipinski definition) is 3. The number of aryl methyl sites for hydroxylation is 1. The summed E-state index contributed by atoms with van der Waals surface area (Å²) in [6.07, 6.45) is 7.77. The number of dihydropyridines is 1. The van der Waals surface area contributed by atoms with E-state index in [9.17, 15) is 8.42 Å². The van der Waals surface area contributed by atoms with Crippen LogP contribution in [0, 0.1) is 6.92 Å². The second-order valence-corrected chi connectivity index (χ2v) is 9.43. The number of sulfonamides is 1. The third kappa shape index (κ3) is 6.02. The SMILES string of the molecule is COc1ccccc1Oc1c(Cl)nc(C2=CC(=CN=NN)NC=C2)nc1NS(=O)(=O)c1ccc(C)cn1. The molecule has 0 saturated carbocycles. The number of anilines is 1. The van der Waals surface area contributed by atoms with E-state index >= 15 is 0 Å². The minimum atomic E-state index is -4.17. The molecule has 4 N–H and O–H groups in total. The summed E-state index contributed by atoms with van der Waals surface area (Å²) in [6.45, 7) is 1.80. The Morgan fingerprint density at radius 3 is 2.65 bits per heavy atom. The lowest BCUT2D eigenvalue weighted by Gasteiger charge is -2.17. The number of allylic oxidation sites excluding steroid dienone is 3. The second-order valence-electron chi connectivity index (χ2n) is 7.44. The van der Waals surface area contributed by atoms with Crippen LogP contribution in [0.3, 0.4) is 0 Å². The van der Waals surface area contributed by atoms with Gasteiger partial charge in [-0.25, -0.2) is 15.0 Å². The molecule has 0 amide bonds. The second kappa shape index (κ2) is 11.1. The van der Waals surface area contributed by atoms with Crippen molar-refractivity contribution in [2.75, 3.05) is 11.8 Å². The van der Waals surface area contributed by atoms with Gasteiger partial charge in [0.1, 0.15) is 0 Å². The molecule has 1 aliphatic rings. The number of para-hydroxylation sites is 2. The van der Waals surface area contributed by atoms with Crippen molar-refractivity contribution in [2.24, 2.45) is 16.2 Å². The average Bonchev–Trinajstić information content (AvgIpc) is 2.89. The van der Waals surface area contributed by atoms with Gasteiger partial charge in [-0.2, -0.15) is 8.42 Å². The van der Waals surface area contributed by atoms with Crippen LogP contribution >= 0.6 is 11.6 Å². The molecule has 14 heteroatoms. The van der Waals surface area contributed by atoms with Crippen LogP contribution in [-0.4, -0.2) is 30.5 Å². The lowest BCUT2D eigenvalue weighted by Crippen LogP contribution is -2.17. The Balaban J connectivity index is 1.82. The molecule has 4 rings (SSSR count). The molecule has 0 atom stereocenters. The van der Waals surface area contributed by atoms with E-state index in [2.05, 4.69) is 35.3 Å². The highest BCUT2D eigenvalue weighted by Gasteiger charge is 2.24. The first-order chi connectivity index (χ1) is 17.8. The molecule has 190 valence electrons. The molecule has 1 aromatic carbocycles. The van der Waals surface area contributed by atoms with Crippen molar-refractivity contribution in [2.45, 2.75) is 11.9 Å². The molecule has 2 aromatic heterocycles. The van der Waals surface area contributed by atoms with Crippen LogP contribution in [0.25, 0.3) is 5.57 Å². The van der Waals surface area contributed by atoms with E-state index in [1.165, 1.54) is 25.6 Å². The predicted octanol–water partition coefficient (Wildman–Crippen LogP) is 4.10. The van der Waals surface area contributed by atoms with Gasteiger partial charge in [-0.05, 0) is 42.8 Å². The molecule has 0 saturated heterocycles. The third-order valence-corrected chi connectivity index (χ3v) is 6.35.